The van der Waals surface area contributed by atoms with Crippen molar-refractivity contribution >= 4 is 13.6 Å². The highest BCUT2D eigenvalue weighted by atomic mass is 31.2. The molecule has 96 valence electrons. The smallest absolute Gasteiger partial charge is 0.374 e. The minimum absolute atomic E-state index is 0.0459. The number of carbonyl (C=O) groups is 1. The Morgan fingerprint density at radius 3 is 2.47 bits per heavy atom. The molecule has 0 aliphatic heterocycles. The average Bonchev–Trinajstić information content (AvgIpc) is 2.80. The predicted molar refractivity (Wildman–Crippen MR) is 59.8 cm³/mol. The molecule has 6 nitrogen and oxygen atoms in total. The van der Waals surface area contributed by atoms with Crippen LogP contribution in [0.4, 0.5) is 0 Å². The van der Waals surface area contributed by atoms with E-state index in [1.807, 2.05) is 0 Å². The van der Waals surface area contributed by atoms with E-state index >= 15 is 0 Å². The quantitative estimate of drug-likeness (QED) is 0.555. The van der Waals surface area contributed by atoms with E-state index in [0.717, 1.165) is 0 Å². The average molecular weight is 262 g/mol. The van der Waals surface area contributed by atoms with Crippen LogP contribution in [-0.2, 0) is 18.3 Å². The van der Waals surface area contributed by atoms with Crippen molar-refractivity contribution in [1.82, 2.24) is 0 Å². The molecule has 0 saturated heterocycles. The Hall–Kier alpha value is -1.10. The standard InChI is InChI=1S/C10H15O6P/c1-3-15-17(12,16-4-2)8-14-10(11)9-6-5-7-13-9/h5-7H,3-4,8H2,1-2H3. The van der Waals surface area contributed by atoms with Gasteiger partial charge in [0, 0.05) is 0 Å². The van der Waals surface area contributed by atoms with Crippen LogP contribution in [0, 0.1) is 0 Å². The van der Waals surface area contributed by atoms with Crippen molar-refractivity contribution in [2.75, 3.05) is 19.6 Å². The van der Waals surface area contributed by atoms with Gasteiger partial charge in [0.2, 0.25) is 5.76 Å². The second-order valence-corrected chi connectivity index (χ2v) is 4.98. The van der Waals surface area contributed by atoms with Gasteiger partial charge < -0.3 is 18.2 Å². The molecule has 0 fully saturated rings. The van der Waals surface area contributed by atoms with E-state index in [1.165, 1.54) is 12.3 Å². The normalized spacial score (nSPS) is 11.4. The summed E-state index contributed by atoms with van der Waals surface area (Å²) in [6.07, 6.45) is 0.926. The minimum Gasteiger partial charge on any atom is -0.457 e. The summed E-state index contributed by atoms with van der Waals surface area (Å²) >= 11 is 0. The zero-order valence-corrected chi connectivity index (χ0v) is 10.6. The lowest BCUT2D eigenvalue weighted by molar-refractivity contribution is 0.0497. The first-order chi connectivity index (χ1) is 8.11. The molecule has 0 spiro atoms. The maximum atomic E-state index is 11.9. The molecular formula is C10H15O6P. The van der Waals surface area contributed by atoms with Crippen molar-refractivity contribution in [1.29, 1.82) is 0 Å². The maximum Gasteiger partial charge on any atom is 0.374 e. The van der Waals surface area contributed by atoms with Crippen LogP contribution in [0.1, 0.15) is 24.4 Å². The third-order valence-corrected chi connectivity index (χ3v) is 3.48. The van der Waals surface area contributed by atoms with Crippen molar-refractivity contribution in [2.45, 2.75) is 13.8 Å². The molecule has 0 saturated carbocycles. The molecule has 7 heteroatoms. The molecule has 1 heterocycles. The van der Waals surface area contributed by atoms with Crippen LogP contribution < -0.4 is 0 Å². The highest BCUT2D eigenvalue weighted by molar-refractivity contribution is 7.53. The van der Waals surface area contributed by atoms with E-state index in [2.05, 4.69) is 0 Å². The van der Waals surface area contributed by atoms with Gasteiger partial charge in [0.05, 0.1) is 19.5 Å². The monoisotopic (exact) mass is 262 g/mol. The van der Waals surface area contributed by atoms with Gasteiger partial charge in [-0.2, -0.15) is 0 Å². The van der Waals surface area contributed by atoms with Gasteiger partial charge in [0.1, 0.15) is 0 Å². The number of ether oxygens (including phenoxy) is 1. The molecule has 1 aromatic heterocycles. The SMILES string of the molecule is CCOP(=O)(COC(=O)c1ccco1)OCC. The second kappa shape index (κ2) is 6.59. The molecule has 1 rings (SSSR count). The van der Waals surface area contributed by atoms with Crippen LogP contribution in [0.2, 0.25) is 0 Å². The van der Waals surface area contributed by atoms with Crippen LogP contribution in [0.15, 0.2) is 22.8 Å². The van der Waals surface area contributed by atoms with Crippen molar-refractivity contribution < 1.29 is 27.6 Å². The van der Waals surface area contributed by atoms with Crippen LogP contribution >= 0.6 is 7.60 Å². The summed E-state index contributed by atoms with van der Waals surface area (Å²) < 4.78 is 31.5. The van der Waals surface area contributed by atoms with Gasteiger partial charge in [-0.1, -0.05) is 0 Å². The summed E-state index contributed by atoms with van der Waals surface area (Å²) in [5.74, 6) is -0.654. The van der Waals surface area contributed by atoms with E-state index in [1.54, 1.807) is 19.9 Å². The topological polar surface area (TPSA) is 75.0 Å². The molecular weight excluding hydrogens is 247 g/mol. The lowest BCUT2D eigenvalue weighted by atomic mass is 10.5. The van der Waals surface area contributed by atoms with Crippen molar-refractivity contribution in [3.8, 4) is 0 Å². The zero-order chi connectivity index (χ0) is 12.7. The van der Waals surface area contributed by atoms with Crippen molar-refractivity contribution in [3.63, 3.8) is 0 Å². The van der Waals surface area contributed by atoms with Gasteiger partial charge >= 0.3 is 13.6 Å². The van der Waals surface area contributed by atoms with Gasteiger partial charge in [0.25, 0.3) is 0 Å². The Balaban J connectivity index is 2.52. The molecule has 0 amide bonds. The molecule has 0 aliphatic rings. The van der Waals surface area contributed by atoms with Gasteiger partial charge in [-0.25, -0.2) is 4.79 Å². The van der Waals surface area contributed by atoms with Gasteiger partial charge in [-0.05, 0) is 26.0 Å². The summed E-state index contributed by atoms with van der Waals surface area (Å²) in [6, 6.07) is 3.01. The van der Waals surface area contributed by atoms with E-state index < -0.39 is 19.9 Å². The Kier molecular flexibility index (Phi) is 5.41. The summed E-state index contributed by atoms with van der Waals surface area (Å²) in [7, 11) is -3.36. The molecule has 17 heavy (non-hydrogen) atoms. The van der Waals surface area contributed by atoms with Gasteiger partial charge in [0.15, 0.2) is 6.35 Å². The Labute approximate surface area is 99.4 Å². The van der Waals surface area contributed by atoms with E-state index in [-0.39, 0.29) is 19.0 Å². The van der Waals surface area contributed by atoms with Gasteiger partial charge in [-0.15, -0.1) is 0 Å². The zero-order valence-electron chi connectivity index (χ0n) is 9.75. The second-order valence-electron chi connectivity index (χ2n) is 2.98. The summed E-state index contributed by atoms with van der Waals surface area (Å²) in [5, 5.41) is 0. The fourth-order valence-electron chi connectivity index (χ4n) is 1.11. The Bertz CT molecular complexity index is 376. The first-order valence-corrected chi connectivity index (χ1v) is 6.93. The molecule has 1 aromatic rings. The Morgan fingerprint density at radius 1 is 1.35 bits per heavy atom. The minimum atomic E-state index is -3.36. The lowest BCUT2D eigenvalue weighted by Crippen LogP contribution is -2.09. The third-order valence-electron chi connectivity index (χ3n) is 1.73. The Morgan fingerprint density at radius 2 is 2.00 bits per heavy atom. The molecule has 0 aromatic carbocycles. The molecule has 0 N–H and O–H groups in total. The number of hydrogen-bond acceptors (Lipinski definition) is 6. The number of esters is 1. The van der Waals surface area contributed by atoms with Gasteiger partial charge in [-0.3, -0.25) is 4.57 Å². The van der Waals surface area contributed by atoms with Crippen LogP contribution in [0.3, 0.4) is 0 Å². The van der Waals surface area contributed by atoms with E-state index in [4.69, 9.17) is 18.2 Å². The molecule has 0 unspecified atom stereocenters. The largest absolute Gasteiger partial charge is 0.457 e. The fourth-order valence-corrected chi connectivity index (χ4v) is 2.39. The highest BCUT2D eigenvalue weighted by Crippen LogP contribution is 2.47. The maximum absolute atomic E-state index is 11.9. The number of rotatable bonds is 7. The van der Waals surface area contributed by atoms with Crippen LogP contribution in [0.5, 0.6) is 0 Å². The summed E-state index contributed by atoms with van der Waals surface area (Å²) in [5.41, 5.74) is 0. The van der Waals surface area contributed by atoms with Crippen molar-refractivity contribution in [2.24, 2.45) is 0 Å². The number of furan rings is 1. The van der Waals surface area contributed by atoms with Crippen molar-refractivity contribution in [3.05, 3.63) is 24.2 Å². The third kappa shape index (κ3) is 4.34. The van der Waals surface area contributed by atoms with E-state index in [0.29, 0.717) is 0 Å². The van der Waals surface area contributed by atoms with Crippen LogP contribution in [-0.4, -0.2) is 25.5 Å². The van der Waals surface area contributed by atoms with Crippen LogP contribution in [0.25, 0.3) is 0 Å². The number of carbonyl (C=O) groups excluding carboxylic acids is 1. The molecule has 0 atom stereocenters. The first kappa shape index (κ1) is 14.0. The lowest BCUT2D eigenvalue weighted by Gasteiger charge is -2.16. The fraction of sp³-hybridized carbons (Fsp3) is 0.500. The molecule has 0 aliphatic carbocycles. The highest BCUT2D eigenvalue weighted by Gasteiger charge is 2.26. The molecule has 0 bridgehead atoms. The summed E-state index contributed by atoms with van der Waals surface area (Å²) in [6.45, 7) is 3.80. The predicted octanol–water partition coefficient (Wildman–Crippen LogP) is 2.66. The number of hydrogen-bond donors (Lipinski definition) is 0. The summed E-state index contributed by atoms with van der Waals surface area (Å²) in [4.78, 5) is 11.4. The van der Waals surface area contributed by atoms with E-state index in [9.17, 15) is 9.36 Å². The molecule has 0 radical (unpaired) electrons. The first-order valence-electron chi connectivity index (χ1n) is 5.20.